The van der Waals surface area contributed by atoms with Crippen LogP contribution < -0.4 is 0 Å². The Morgan fingerprint density at radius 2 is 1.90 bits per heavy atom. The molecular weight excluding hydrogens is 254 g/mol. The molecular formula is C16H21NO3. The van der Waals surface area contributed by atoms with E-state index in [4.69, 9.17) is 9.47 Å². The summed E-state index contributed by atoms with van der Waals surface area (Å²) in [5.41, 5.74) is 1.93. The zero-order valence-corrected chi connectivity index (χ0v) is 12.1. The fourth-order valence-corrected chi connectivity index (χ4v) is 2.90. The van der Waals surface area contributed by atoms with Gasteiger partial charge in [-0.3, -0.25) is 4.79 Å². The van der Waals surface area contributed by atoms with Gasteiger partial charge < -0.3 is 14.4 Å². The van der Waals surface area contributed by atoms with Crippen molar-refractivity contribution in [1.82, 2.24) is 4.90 Å². The summed E-state index contributed by atoms with van der Waals surface area (Å²) in [6.45, 7) is 6.10. The Balaban J connectivity index is 1.63. The maximum atomic E-state index is 12.4. The second kappa shape index (κ2) is 5.19. The number of piperidine rings is 1. The number of nitrogens with zero attached hydrogens (tertiary/aromatic N) is 1. The Morgan fingerprint density at radius 1 is 1.25 bits per heavy atom. The van der Waals surface area contributed by atoms with Gasteiger partial charge in [-0.2, -0.15) is 0 Å². The normalized spacial score (nSPS) is 25.1. The lowest BCUT2D eigenvalue weighted by Crippen LogP contribution is -2.47. The number of hydrogen-bond donors (Lipinski definition) is 0. The quantitative estimate of drug-likeness (QED) is 0.790. The molecule has 2 aliphatic rings. The van der Waals surface area contributed by atoms with Gasteiger partial charge in [0.15, 0.2) is 5.79 Å². The fraction of sp³-hybridized carbons (Fsp3) is 0.562. The van der Waals surface area contributed by atoms with E-state index in [0.717, 1.165) is 18.4 Å². The molecule has 1 amide bonds. The average Bonchev–Trinajstić information content (AvgIpc) is 2.81. The Kier molecular flexibility index (Phi) is 3.52. The van der Waals surface area contributed by atoms with Crippen LogP contribution in [0.25, 0.3) is 0 Å². The average molecular weight is 275 g/mol. The highest BCUT2D eigenvalue weighted by Gasteiger charge is 2.43. The van der Waals surface area contributed by atoms with Crippen molar-refractivity contribution < 1.29 is 14.3 Å². The van der Waals surface area contributed by atoms with E-state index in [9.17, 15) is 4.79 Å². The number of amides is 1. The molecule has 0 aliphatic carbocycles. The molecule has 20 heavy (non-hydrogen) atoms. The molecule has 0 aromatic heterocycles. The topological polar surface area (TPSA) is 38.8 Å². The maximum absolute atomic E-state index is 12.4. The molecule has 0 radical (unpaired) electrons. The highest BCUT2D eigenvalue weighted by molar-refractivity contribution is 5.94. The first-order valence-electron chi connectivity index (χ1n) is 7.26. The lowest BCUT2D eigenvalue weighted by molar-refractivity contribution is -0.189. The number of carbonyl (C=O) groups excluding carboxylic acids is 1. The molecule has 0 unspecified atom stereocenters. The Hall–Kier alpha value is -1.39. The van der Waals surface area contributed by atoms with Crippen LogP contribution in [-0.4, -0.2) is 42.4 Å². The predicted octanol–water partition coefficient (Wildman–Crippen LogP) is 2.36. The number of hydrogen-bond acceptors (Lipinski definition) is 3. The highest BCUT2D eigenvalue weighted by atomic mass is 16.7. The number of rotatable bonds is 1. The van der Waals surface area contributed by atoms with Crippen molar-refractivity contribution in [1.29, 1.82) is 0 Å². The lowest BCUT2D eigenvalue weighted by atomic mass is 10.0. The van der Waals surface area contributed by atoms with E-state index in [1.807, 2.05) is 43.0 Å². The van der Waals surface area contributed by atoms with Gasteiger partial charge in [0.05, 0.1) is 12.7 Å². The first-order chi connectivity index (χ1) is 9.58. The van der Waals surface area contributed by atoms with Crippen molar-refractivity contribution in [3.8, 4) is 0 Å². The number of carbonyl (C=O) groups is 1. The van der Waals surface area contributed by atoms with Gasteiger partial charge in [0, 0.05) is 31.5 Å². The predicted molar refractivity (Wildman–Crippen MR) is 75.5 cm³/mol. The van der Waals surface area contributed by atoms with Gasteiger partial charge in [-0.15, -0.1) is 0 Å². The third kappa shape index (κ3) is 2.58. The highest BCUT2D eigenvalue weighted by Crippen LogP contribution is 2.34. The third-order valence-corrected chi connectivity index (χ3v) is 4.11. The van der Waals surface area contributed by atoms with Crippen LogP contribution in [0.4, 0.5) is 0 Å². The molecule has 3 rings (SSSR count). The Labute approximate surface area is 119 Å². The zero-order chi connectivity index (χ0) is 14.2. The van der Waals surface area contributed by atoms with E-state index < -0.39 is 5.79 Å². The first kappa shape index (κ1) is 13.6. The minimum absolute atomic E-state index is 0.103. The lowest BCUT2D eigenvalue weighted by Gasteiger charge is -2.37. The minimum Gasteiger partial charge on any atom is -0.347 e. The molecule has 2 heterocycles. The number of benzene rings is 1. The van der Waals surface area contributed by atoms with Crippen LogP contribution in [0.1, 0.15) is 35.7 Å². The summed E-state index contributed by atoms with van der Waals surface area (Å²) in [6.07, 6.45) is 1.68. The van der Waals surface area contributed by atoms with Crippen molar-refractivity contribution in [3.05, 3.63) is 35.4 Å². The second-order valence-electron chi connectivity index (χ2n) is 5.81. The van der Waals surface area contributed by atoms with Crippen molar-refractivity contribution >= 4 is 5.91 Å². The number of aryl methyl sites for hydroxylation is 1. The molecule has 1 atom stereocenters. The van der Waals surface area contributed by atoms with Crippen LogP contribution >= 0.6 is 0 Å². The molecule has 1 aromatic rings. The van der Waals surface area contributed by atoms with Crippen molar-refractivity contribution in [2.75, 3.05) is 19.7 Å². The van der Waals surface area contributed by atoms with Gasteiger partial charge in [0.1, 0.15) is 0 Å². The van der Waals surface area contributed by atoms with Crippen LogP contribution in [0.5, 0.6) is 0 Å². The molecule has 2 saturated heterocycles. The molecule has 1 aromatic carbocycles. The van der Waals surface area contributed by atoms with Gasteiger partial charge in [-0.05, 0) is 26.0 Å². The van der Waals surface area contributed by atoms with Gasteiger partial charge in [0.2, 0.25) is 0 Å². The van der Waals surface area contributed by atoms with Crippen molar-refractivity contribution in [2.45, 2.75) is 38.6 Å². The van der Waals surface area contributed by atoms with E-state index in [2.05, 4.69) is 0 Å². The van der Waals surface area contributed by atoms with E-state index in [-0.39, 0.29) is 12.0 Å². The van der Waals surface area contributed by atoms with Gasteiger partial charge in [-0.25, -0.2) is 0 Å². The van der Waals surface area contributed by atoms with Crippen molar-refractivity contribution in [3.63, 3.8) is 0 Å². The fourth-order valence-electron chi connectivity index (χ4n) is 2.90. The Bertz CT molecular complexity index is 489. The molecule has 0 bridgehead atoms. The second-order valence-corrected chi connectivity index (χ2v) is 5.81. The van der Waals surface area contributed by atoms with E-state index in [1.54, 1.807) is 0 Å². The molecule has 108 valence electrons. The number of likely N-dealkylation sites (tertiary alicyclic amines) is 1. The van der Waals surface area contributed by atoms with Crippen LogP contribution in [0.2, 0.25) is 0 Å². The standard InChI is InChI=1S/C16H21NO3/c1-12-3-5-14(6-4-12)15(18)17-9-7-16(8-10-17)19-11-13(2)20-16/h3-6,13H,7-11H2,1-2H3/t13-/m0/s1. The van der Waals surface area contributed by atoms with Crippen LogP contribution in [0.3, 0.4) is 0 Å². The molecule has 1 spiro atoms. The van der Waals surface area contributed by atoms with Gasteiger partial charge in [0.25, 0.3) is 5.91 Å². The molecule has 0 N–H and O–H groups in total. The summed E-state index contributed by atoms with van der Waals surface area (Å²) in [5, 5.41) is 0. The van der Waals surface area contributed by atoms with E-state index in [0.29, 0.717) is 19.7 Å². The zero-order valence-electron chi connectivity index (χ0n) is 12.1. The largest absolute Gasteiger partial charge is 0.347 e. The molecule has 0 saturated carbocycles. The van der Waals surface area contributed by atoms with Gasteiger partial charge >= 0.3 is 0 Å². The van der Waals surface area contributed by atoms with E-state index >= 15 is 0 Å². The van der Waals surface area contributed by atoms with Crippen molar-refractivity contribution in [2.24, 2.45) is 0 Å². The summed E-state index contributed by atoms with van der Waals surface area (Å²) in [7, 11) is 0. The molecule has 2 aliphatic heterocycles. The minimum atomic E-state index is -0.441. The third-order valence-electron chi connectivity index (χ3n) is 4.11. The van der Waals surface area contributed by atoms with E-state index in [1.165, 1.54) is 5.56 Å². The monoisotopic (exact) mass is 275 g/mol. The maximum Gasteiger partial charge on any atom is 0.253 e. The molecule has 4 nitrogen and oxygen atoms in total. The summed E-state index contributed by atoms with van der Waals surface area (Å²) >= 11 is 0. The number of ether oxygens (including phenoxy) is 2. The molecule has 2 fully saturated rings. The summed E-state index contributed by atoms with van der Waals surface area (Å²) in [5.74, 6) is -0.338. The van der Waals surface area contributed by atoms with Crippen LogP contribution in [0.15, 0.2) is 24.3 Å². The van der Waals surface area contributed by atoms with Crippen LogP contribution in [-0.2, 0) is 9.47 Å². The summed E-state index contributed by atoms with van der Waals surface area (Å²) < 4.78 is 11.7. The first-order valence-corrected chi connectivity index (χ1v) is 7.26. The SMILES string of the molecule is Cc1ccc(C(=O)N2CCC3(CC2)OC[C@H](C)O3)cc1. The summed E-state index contributed by atoms with van der Waals surface area (Å²) in [6, 6.07) is 7.74. The Morgan fingerprint density at radius 3 is 2.45 bits per heavy atom. The molecule has 4 heteroatoms. The van der Waals surface area contributed by atoms with Crippen LogP contribution in [0, 0.1) is 6.92 Å². The van der Waals surface area contributed by atoms with Gasteiger partial charge in [-0.1, -0.05) is 17.7 Å². The smallest absolute Gasteiger partial charge is 0.253 e. The summed E-state index contributed by atoms with van der Waals surface area (Å²) in [4.78, 5) is 14.3.